The Morgan fingerprint density at radius 2 is 1.59 bits per heavy atom. The molecule has 2 aromatic carbocycles. The van der Waals surface area contributed by atoms with Gasteiger partial charge in [0.2, 0.25) is 5.91 Å². The molecule has 2 aromatic heterocycles. The van der Waals surface area contributed by atoms with Gasteiger partial charge in [0, 0.05) is 24.4 Å². The molecule has 0 radical (unpaired) electrons. The van der Waals surface area contributed by atoms with E-state index >= 15 is 0 Å². The van der Waals surface area contributed by atoms with Crippen LogP contribution in [0.15, 0.2) is 77.6 Å². The molecule has 0 aliphatic rings. The van der Waals surface area contributed by atoms with Crippen molar-refractivity contribution in [2.75, 3.05) is 10.6 Å². The van der Waals surface area contributed by atoms with Crippen LogP contribution in [-0.2, 0) is 11.0 Å². The summed E-state index contributed by atoms with van der Waals surface area (Å²) in [5, 5.41) is 4.78. The number of nitrogens with zero attached hydrogens (tertiary/aromatic N) is 2. The molecule has 0 bridgehead atoms. The summed E-state index contributed by atoms with van der Waals surface area (Å²) in [5.41, 5.74) is -1.14. The zero-order valence-electron chi connectivity index (χ0n) is 16.8. The first kappa shape index (κ1) is 21.1. The highest BCUT2D eigenvalue weighted by Crippen LogP contribution is 2.36. The summed E-state index contributed by atoms with van der Waals surface area (Å²) in [7, 11) is 0. The Bertz CT molecular complexity index is 1350. The fourth-order valence-electron chi connectivity index (χ4n) is 3.38. The number of hydrogen-bond donors (Lipinski definition) is 2. The third kappa shape index (κ3) is 4.18. The van der Waals surface area contributed by atoms with Gasteiger partial charge in [0.15, 0.2) is 11.1 Å². The molecule has 0 aliphatic carbocycles. The molecule has 0 spiro atoms. The topological polar surface area (TPSA) is 76.0 Å². The summed E-state index contributed by atoms with van der Waals surface area (Å²) in [5.74, 6) is -0.670. The number of benzene rings is 2. The number of nitrogens with one attached hydrogen (secondary N) is 2. The van der Waals surface area contributed by atoms with E-state index in [9.17, 15) is 22.8 Å². The highest BCUT2D eigenvalue weighted by Gasteiger charge is 2.35. The Hall–Kier alpha value is -4.14. The lowest BCUT2D eigenvalue weighted by Gasteiger charge is -2.20. The van der Waals surface area contributed by atoms with Crippen molar-refractivity contribution in [3.63, 3.8) is 0 Å². The number of carbonyl (C=O) groups is 1. The molecule has 1 amide bonds. The number of carbonyl (C=O) groups excluding carboxylic acids is 1. The predicted octanol–water partition coefficient (Wildman–Crippen LogP) is 5.11. The van der Waals surface area contributed by atoms with E-state index in [2.05, 4.69) is 15.6 Å². The van der Waals surface area contributed by atoms with Gasteiger partial charge in [-0.1, -0.05) is 36.4 Å². The summed E-state index contributed by atoms with van der Waals surface area (Å²) in [6.45, 7) is 1.16. The highest BCUT2D eigenvalue weighted by molar-refractivity contribution is 5.91. The fraction of sp³-hybridized carbons (Fsp3) is 0.0870. The minimum absolute atomic E-state index is 0.223. The average molecular weight is 438 g/mol. The van der Waals surface area contributed by atoms with E-state index in [0.717, 1.165) is 13.0 Å². The fourth-order valence-corrected chi connectivity index (χ4v) is 3.38. The second kappa shape index (κ2) is 8.18. The van der Waals surface area contributed by atoms with Crippen molar-refractivity contribution in [3.05, 3.63) is 88.6 Å². The van der Waals surface area contributed by atoms with Crippen LogP contribution in [0, 0.1) is 0 Å². The van der Waals surface area contributed by atoms with Gasteiger partial charge in [-0.3, -0.25) is 14.2 Å². The molecule has 0 aliphatic heterocycles. The normalized spacial score (nSPS) is 11.4. The van der Waals surface area contributed by atoms with Crippen LogP contribution in [0.4, 0.5) is 30.5 Å². The average Bonchev–Trinajstić information content (AvgIpc) is 2.73. The van der Waals surface area contributed by atoms with E-state index in [1.165, 1.54) is 4.57 Å². The summed E-state index contributed by atoms with van der Waals surface area (Å²) in [4.78, 5) is 28.6. The molecule has 162 valence electrons. The van der Waals surface area contributed by atoms with Crippen molar-refractivity contribution < 1.29 is 18.0 Å². The van der Waals surface area contributed by atoms with Gasteiger partial charge in [0.1, 0.15) is 11.6 Å². The van der Waals surface area contributed by atoms with Gasteiger partial charge in [0.05, 0.1) is 10.9 Å². The van der Waals surface area contributed by atoms with Gasteiger partial charge in [0.25, 0.3) is 0 Å². The van der Waals surface area contributed by atoms with Crippen LogP contribution in [-0.4, -0.2) is 15.5 Å². The zero-order valence-corrected chi connectivity index (χ0v) is 16.8. The number of anilines is 3. The van der Waals surface area contributed by atoms with Crippen LogP contribution in [0.5, 0.6) is 0 Å². The van der Waals surface area contributed by atoms with Gasteiger partial charge < -0.3 is 10.6 Å². The lowest BCUT2D eigenvalue weighted by molar-refractivity contribution is -0.136. The number of para-hydroxylation sites is 2. The number of pyridine rings is 2. The number of fused-ring (bicyclic) bond motifs is 1. The summed E-state index contributed by atoms with van der Waals surface area (Å²) in [6.07, 6.45) is -4.84. The number of rotatable bonds is 4. The molecule has 2 N–H and O–H groups in total. The van der Waals surface area contributed by atoms with E-state index < -0.39 is 28.5 Å². The maximum atomic E-state index is 13.9. The summed E-state index contributed by atoms with van der Waals surface area (Å²) < 4.78 is 43.1. The van der Waals surface area contributed by atoms with Gasteiger partial charge >= 0.3 is 6.18 Å². The second-order valence-electron chi connectivity index (χ2n) is 6.99. The van der Waals surface area contributed by atoms with E-state index in [4.69, 9.17) is 0 Å². The molecular formula is C23H17F3N4O2. The molecule has 9 heteroatoms. The number of alkyl halides is 3. The number of aromatic nitrogens is 2. The molecule has 0 unspecified atom stereocenters. The first-order valence-corrected chi connectivity index (χ1v) is 9.57. The van der Waals surface area contributed by atoms with Crippen LogP contribution < -0.4 is 16.1 Å². The maximum Gasteiger partial charge on any atom is 0.417 e. The van der Waals surface area contributed by atoms with Crippen molar-refractivity contribution in [3.8, 4) is 5.69 Å². The predicted molar refractivity (Wildman–Crippen MR) is 116 cm³/mol. The van der Waals surface area contributed by atoms with Gasteiger partial charge in [-0.15, -0.1) is 0 Å². The molecule has 4 aromatic rings. The van der Waals surface area contributed by atoms with Gasteiger partial charge in [-0.2, -0.15) is 13.2 Å². The van der Waals surface area contributed by atoms with Crippen LogP contribution in [0.3, 0.4) is 0 Å². The molecule has 32 heavy (non-hydrogen) atoms. The van der Waals surface area contributed by atoms with Crippen molar-refractivity contribution in [2.45, 2.75) is 13.1 Å². The molecule has 0 atom stereocenters. The third-order valence-electron chi connectivity index (χ3n) is 4.64. The third-order valence-corrected chi connectivity index (χ3v) is 4.64. The number of amides is 1. The van der Waals surface area contributed by atoms with E-state index in [-0.39, 0.29) is 17.3 Å². The van der Waals surface area contributed by atoms with E-state index in [1.807, 2.05) is 6.07 Å². The summed E-state index contributed by atoms with van der Waals surface area (Å²) >= 11 is 0. The Kier molecular flexibility index (Phi) is 5.40. The molecule has 2 heterocycles. The van der Waals surface area contributed by atoms with Gasteiger partial charge in [-0.05, 0) is 30.3 Å². The molecular weight excluding hydrogens is 421 g/mol. The lowest BCUT2D eigenvalue weighted by Crippen LogP contribution is -2.20. The van der Waals surface area contributed by atoms with Crippen LogP contribution in [0.2, 0.25) is 0 Å². The lowest BCUT2D eigenvalue weighted by atomic mass is 10.1. The minimum Gasteiger partial charge on any atom is -0.341 e. The zero-order chi connectivity index (χ0) is 22.9. The van der Waals surface area contributed by atoms with Gasteiger partial charge in [-0.25, -0.2) is 4.98 Å². The molecule has 0 saturated carbocycles. The Morgan fingerprint density at radius 1 is 0.969 bits per heavy atom. The van der Waals surface area contributed by atoms with Crippen LogP contribution in [0.25, 0.3) is 16.7 Å². The van der Waals surface area contributed by atoms with Crippen LogP contribution in [0.1, 0.15) is 12.5 Å². The molecule has 0 saturated heterocycles. The van der Waals surface area contributed by atoms with E-state index in [0.29, 0.717) is 17.4 Å². The number of halogens is 3. The minimum atomic E-state index is -4.84. The SMILES string of the molecule is CC(=O)Nc1cc(C(F)(F)F)c2c(=O)cc(Nc3ccccc3)n(-c3ccccc3)c2n1. The van der Waals surface area contributed by atoms with E-state index in [1.54, 1.807) is 54.6 Å². The highest BCUT2D eigenvalue weighted by atomic mass is 19.4. The van der Waals surface area contributed by atoms with Crippen molar-refractivity contribution in [2.24, 2.45) is 0 Å². The van der Waals surface area contributed by atoms with Crippen molar-refractivity contribution >= 4 is 34.3 Å². The Morgan fingerprint density at radius 3 is 2.19 bits per heavy atom. The molecule has 6 nitrogen and oxygen atoms in total. The standard InChI is InChI=1S/C23H17F3N4O2/c1-14(31)27-19-12-17(23(24,25)26)21-18(32)13-20(28-15-8-4-2-5-9-15)30(22(21)29-19)16-10-6-3-7-11-16/h2-13,28H,1H3,(H,27,29,31). The molecule has 4 rings (SSSR count). The first-order valence-electron chi connectivity index (χ1n) is 9.57. The van der Waals surface area contributed by atoms with Crippen LogP contribution >= 0.6 is 0 Å². The molecule has 0 fully saturated rings. The van der Waals surface area contributed by atoms with Crippen molar-refractivity contribution in [1.82, 2.24) is 9.55 Å². The Balaban J connectivity index is 2.11. The van der Waals surface area contributed by atoms with Crippen molar-refractivity contribution in [1.29, 1.82) is 0 Å². The Labute approximate surface area is 180 Å². The monoisotopic (exact) mass is 438 g/mol. The largest absolute Gasteiger partial charge is 0.417 e. The smallest absolute Gasteiger partial charge is 0.341 e. The second-order valence-corrected chi connectivity index (χ2v) is 6.99. The summed E-state index contributed by atoms with van der Waals surface area (Å²) in [6, 6.07) is 19.2. The number of hydrogen-bond acceptors (Lipinski definition) is 4. The maximum absolute atomic E-state index is 13.9. The first-order chi connectivity index (χ1) is 15.2. The quantitative estimate of drug-likeness (QED) is 0.465.